The van der Waals surface area contributed by atoms with Crippen molar-refractivity contribution in [2.45, 2.75) is 13.0 Å². The van der Waals surface area contributed by atoms with Gasteiger partial charge in [0.25, 0.3) is 0 Å². The highest BCUT2D eigenvalue weighted by atomic mass is 35.5. The first-order valence-electron chi connectivity index (χ1n) is 4.90. The minimum atomic E-state index is -0.276. The molecule has 5 heteroatoms. The van der Waals surface area contributed by atoms with E-state index in [0.717, 1.165) is 0 Å². The molecule has 88 valence electrons. The third kappa shape index (κ3) is 3.12. The second-order valence-electron chi connectivity index (χ2n) is 3.35. The van der Waals surface area contributed by atoms with Gasteiger partial charge < -0.3 is 15.4 Å². The first-order chi connectivity index (χ1) is 7.58. The van der Waals surface area contributed by atoms with Crippen molar-refractivity contribution in [1.29, 1.82) is 0 Å². The lowest BCUT2D eigenvalue weighted by molar-refractivity contribution is -0.117. The molecule has 0 heterocycles. The Morgan fingerprint density at radius 2 is 2.19 bits per heavy atom. The molecule has 1 aromatic rings. The van der Waals surface area contributed by atoms with Crippen LogP contribution in [-0.2, 0) is 4.79 Å². The van der Waals surface area contributed by atoms with E-state index in [9.17, 15) is 4.79 Å². The maximum atomic E-state index is 11.6. The second kappa shape index (κ2) is 5.72. The number of nitrogens with one attached hydrogen (secondary N) is 2. The Bertz CT molecular complexity index is 382. The van der Waals surface area contributed by atoms with Crippen LogP contribution in [0.4, 0.5) is 5.69 Å². The van der Waals surface area contributed by atoms with Crippen molar-refractivity contribution in [1.82, 2.24) is 5.32 Å². The van der Waals surface area contributed by atoms with E-state index < -0.39 is 0 Å². The predicted molar refractivity (Wildman–Crippen MR) is 65.2 cm³/mol. The fraction of sp³-hybridized carbons (Fsp3) is 0.364. The summed E-state index contributed by atoms with van der Waals surface area (Å²) in [5.41, 5.74) is 0.549. The van der Waals surface area contributed by atoms with Gasteiger partial charge in [-0.15, -0.1) is 0 Å². The first kappa shape index (κ1) is 12.8. The highest BCUT2D eigenvalue weighted by Gasteiger charge is 2.12. The largest absolute Gasteiger partial charge is 0.497 e. The third-order valence-corrected chi connectivity index (χ3v) is 2.59. The summed E-state index contributed by atoms with van der Waals surface area (Å²) in [5, 5.41) is 6.05. The van der Waals surface area contributed by atoms with E-state index in [1.54, 1.807) is 39.3 Å². The van der Waals surface area contributed by atoms with Crippen LogP contribution in [0.5, 0.6) is 5.75 Å². The molecule has 1 amide bonds. The molecule has 0 aromatic heterocycles. The van der Waals surface area contributed by atoms with E-state index in [2.05, 4.69) is 10.6 Å². The summed E-state index contributed by atoms with van der Waals surface area (Å²) >= 11 is 5.95. The molecule has 16 heavy (non-hydrogen) atoms. The summed E-state index contributed by atoms with van der Waals surface area (Å²) in [7, 11) is 3.28. The number of rotatable bonds is 4. The highest BCUT2D eigenvalue weighted by Crippen LogP contribution is 2.26. The predicted octanol–water partition coefficient (Wildman–Crippen LogP) is 1.89. The average molecular weight is 243 g/mol. The molecule has 0 aliphatic carbocycles. The van der Waals surface area contributed by atoms with Crippen molar-refractivity contribution in [2.24, 2.45) is 0 Å². The van der Waals surface area contributed by atoms with Crippen molar-refractivity contribution < 1.29 is 9.53 Å². The Labute approximate surface area is 99.9 Å². The Balaban J connectivity index is 2.83. The number of hydrogen-bond donors (Lipinski definition) is 2. The van der Waals surface area contributed by atoms with Crippen LogP contribution in [0, 0.1) is 0 Å². The molecule has 1 rings (SSSR count). The van der Waals surface area contributed by atoms with Crippen LogP contribution in [-0.4, -0.2) is 26.1 Å². The lowest BCUT2D eigenvalue weighted by Crippen LogP contribution is -2.35. The van der Waals surface area contributed by atoms with Gasteiger partial charge in [-0.1, -0.05) is 11.6 Å². The van der Waals surface area contributed by atoms with Crippen molar-refractivity contribution >= 4 is 23.2 Å². The summed E-state index contributed by atoms with van der Waals surface area (Å²) in [5.74, 6) is 0.509. The normalized spacial score (nSPS) is 12.0. The summed E-state index contributed by atoms with van der Waals surface area (Å²) in [4.78, 5) is 11.6. The quantitative estimate of drug-likeness (QED) is 0.848. The summed E-state index contributed by atoms with van der Waals surface area (Å²) in [6.45, 7) is 1.77. The molecule has 1 atom stereocenters. The standard InChI is InChI=1S/C11H15ClN2O2/c1-7(13-2)11(15)14-10-6-8(16-3)4-5-9(10)12/h4-7,13H,1-3H3,(H,14,15). The van der Waals surface area contributed by atoms with Crippen LogP contribution < -0.4 is 15.4 Å². The number of ether oxygens (including phenoxy) is 1. The van der Waals surface area contributed by atoms with Gasteiger partial charge in [0.15, 0.2) is 0 Å². The zero-order valence-corrected chi connectivity index (χ0v) is 10.3. The van der Waals surface area contributed by atoms with Gasteiger partial charge in [0.2, 0.25) is 5.91 Å². The minimum absolute atomic E-state index is 0.141. The number of anilines is 1. The van der Waals surface area contributed by atoms with Gasteiger partial charge in [-0.2, -0.15) is 0 Å². The number of carbonyl (C=O) groups excluding carboxylic acids is 1. The van der Waals surface area contributed by atoms with Gasteiger partial charge in [-0.3, -0.25) is 4.79 Å². The average Bonchev–Trinajstić information content (AvgIpc) is 2.30. The molecule has 0 saturated carbocycles. The zero-order valence-electron chi connectivity index (χ0n) is 9.50. The molecule has 0 aliphatic rings. The molecule has 4 nitrogen and oxygen atoms in total. The number of amides is 1. The smallest absolute Gasteiger partial charge is 0.241 e. The SMILES string of the molecule is CNC(C)C(=O)Nc1cc(OC)ccc1Cl. The van der Waals surface area contributed by atoms with E-state index in [4.69, 9.17) is 16.3 Å². The fourth-order valence-electron chi connectivity index (χ4n) is 1.10. The minimum Gasteiger partial charge on any atom is -0.497 e. The third-order valence-electron chi connectivity index (χ3n) is 2.26. The van der Waals surface area contributed by atoms with Gasteiger partial charge in [0.05, 0.1) is 23.9 Å². The fourth-order valence-corrected chi connectivity index (χ4v) is 1.26. The second-order valence-corrected chi connectivity index (χ2v) is 3.75. The van der Waals surface area contributed by atoms with E-state index in [1.165, 1.54) is 0 Å². The Kier molecular flexibility index (Phi) is 4.58. The first-order valence-corrected chi connectivity index (χ1v) is 5.28. The number of halogens is 1. The van der Waals surface area contributed by atoms with E-state index in [-0.39, 0.29) is 11.9 Å². The van der Waals surface area contributed by atoms with Gasteiger partial charge in [-0.05, 0) is 26.1 Å². The molecule has 0 radical (unpaired) electrons. The van der Waals surface area contributed by atoms with E-state index >= 15 is 0 Å². The molecular weight excluding hydrogens is 228 g/mol. The monoisotopic (exact) mass is 242 g/mol. The lowest BCUT2D eigenvalue weighted by Gasteiger charge is -2.12. The van der Waals surface area contributed by atoms with Gasteiger partial charge >= 0.3 is 0 Å². The number of hydrogen-bond acceptors (Lipinski definition) is 3. The van der Waals surface area contributed by atoms with Gasteiger partial charge in [0.1, 0.15) is 5.75 Å². The molecule has 2 N–H and O–H groups in total. The molecule has 0 bridgehead atoms. The number of methoxy groups -OCH3 is 1. The molecule has 0 fully saturated rings. The summed E-state index contributed by atoms with van der Waals surface area (Å²) in [6, 6.07) is 4.82. The van der Waals surface area contributed by atoms with Gasteiger partial charge in [-0.25, -0.2) is 0 Å². The van der Waals surface area contributed by atoms with Crippen LogP contribution >= 0.6 is 11.6 Å². The van der Waals surface area contributed by atoms with Gasteiger partial charge in [0, 0.05) is 6.07 Å². The highest BCUT2D eigenvalue weighted by molar-refractivity contribution is 6.33. The molecule has 1 unspecified atom stereocenters. The molecular formula is C11H15ClN2O2. The van der Waals surface area contributed by atoms with E-state index in [1.807, 2.05) is 0 Å². The molecule has 0 spiro atoms. The maximum Gasteiger partial charge on any atom is 0.241 e. The zero-order chi connectivity index (χ0) is 12.1. The number of carbonyl (C=O) groups is 1. The number of benzene rings is 1. The summed E-state index contributed by atoms with van der Waals surface area (Å²) in [6.07, 6.45) is 0. The van der Waals surface area contributed by atoms with Crippen LogP contribution in [0.1, 0.15) is 6.92 Å². The lowest BCUT2D eigenvalue weighted by atomic mass is 10.2. The molecule has 0 aliphatic heterocycles. The van der Waals surface area contributed by atoms with Crippen molar-refractivity contribution in [3.05, 3.63) is 23.2 Å². The van der Waals surface area contributed by atoms with Crippen LogP contribution in [0.2, 0.25) is 5.02 Å². The van der Waals surface area contributed by atoms with Crippen molar-refractivity contribution in [2.75, 3.05) is 19.5 Å². The van der Waals surface area contributed by atoms with Crippen LogP contribution in [0.25, 0.3) is 0 Å². The Morgan fingerprint density at radius 1 is 1.50 bits per heavy atom. The molecule has 1 aromatic carbocycles. The molecule has 0 saturated heterocycles. The maximum absolute atomic E-state index is 11.6. The Hall–Kier alpha value is -1.26. The van der Waals surface area contributed by atoms with Crippen LogP contribution in [0.15, 0.2) is 18.2 Å². The van der Waals surface area contributed by atoms with Crippen LogP contribution in [0.3, 0.4) is 0 Å². The summed E-state index contributed by atoms with van der Waals surface area (Å²) < 4.78 is 5.05. The van der Waals surface area contributed by atoms with Crippen molar-refractivity contribution in [3.8, 4) is 5.75 Å². The van der Waals surface area contributed by atoms with E-state index in [0.29, 0.717) is 16.5 Å². The van der Waals surface area contributed by atoms with Crippen molar-refractivity contribution in [3.63, 3.8) is 0 Å². The Morgan fingerprint density at radius 3 is 2.75 bits per heavy atom. The number of likely N-dealkylation sites (N-methyl/N-ethyl adjacent to an activating group) is 1. The topological polar surface area (TPSA) is 50.4 Å².